The molecule has 25 heavy (non-hydrogen) atoms. The van der Waals surface area contributed by atoms with Crippen LogP contribution in [0.15, 0.2) is 53.4 Å². The molecule has 2 rings (SSSR count). The Bertz CT molecular complexity index is 829. The standard InChI is InChI=1S/C19H23NO4S/c1-4-20(14-15-10-12-16(24-3)13-11-15)19(21)17-8-6-7-9-18(17)25(22,23)5-2/h6-13H,4-5,14H2,1-3H3. The minimum atomic E-state index is -3.46. The first-order chi connectivity index (χ1) is 11.9. The maximum atomic E-state index is 12.9. The number of ether oxygens (including phenoxy) is 1. The van der Waals surface area contributed by atoms with Crippen LogP contribution < -0.4 is 4.74 Å². The van der Waals surface area contributed by atoms with Gasteiger partial charge in [0, 0.05) is 13.1 Å². The highest BCUT2D eigenvalue weighted by atomic mass is 32.2. The number of benzene rings is 2. The molecule has 0 aliphatic carbocycles. The minimum absolute atomic E-state index is 0.0398. The van der Waals surface area contributed by atoms with E-state index < -0.39 is 9.84 Å². The zero-order valence-electron chi connectivity index (χ0n) is 14.7. The van der Waals surface area contributed by atoms with Gasteiger partial charge in [-0.3, -0.25) is 4.79 Å². The van der Waals surface area contributed by atoms with E-state index in [0.29, 0.717) is 13.1 Å². The number of rotatable bonds is 7. The van der Waals surface area contributed by atoms with E-state index in [1.165, 1.54) is 6.07 Å². The largest absolute Gasteiger partial charge is 0.497 e. The lowest BCUT2D eigenvalue weighted by Gasteiger charge is -2.22. The summed E-state index contributed by atoms with van der Waals surface area (Å²) < 4.78 is 29.7. The summed E-state index contributed by atoms with van der Waals surface area (Å²) in [5, 5.41) is 0. The van der Waals surface area contributed by atoms with Crippen LogP contribution in [0.4, 0.5) is 0 Å². The molecule has 0 atom stereocenters. The van der Waals surface area contributed by atoms with Crippen LogP contribution in [0, 0.1) is 0 Å². The molecule has 0 saturated heterocycles. The fourth-order valence-corrected chi connectivity index (χ4v) is 3.61. The van der Waals surface area contributed by atoms with E-state index in [1.807, 2.05) is 31.2 Å². The molecule has 0 aromatic heterocycles. The molecule has 0 saturated carbocycles. The Morgan fingerprint density at radius 1 is 1.04 bits per heavy atom. The number of methoxy groups -OCH3 is 1. The van der Waals surface area contributed by atoms with Crippen molar-refractivity contribution < 1.29 is 17.9 Å². The highest BCUT2D eigenvalue weighted by molar-refractivity contribution is 7.91. The molecule has 0 aliphatic heterocycles. The first-order valence-corrected chi connectivity index (χ1v) is 9.82. The second kappa shape index (κ2) is 8.16. The molecule has 0 N–H and O–H groups in total. The van der Waals surface area contributed by atoms with Crippen LogP contribution in [0.1, 0.15) is 29.8 Å². The normalized spacial score (nSPS) is 11.2. The van der Waals surface area contributed by atoms with E-state index in [9.17, 15) is 13.2 Å². The lowest BCUT2D eigenvalue weighted by molar-refractivity contribution is 0.0748. The topological polar surface area (TPSA) is 63.7 Å². The van der Waals surface area contributed by atoms with Gasteiger partial charge in [0.05, 0.1) is 23.3 Å². The summed E-state index contributed by atoms with van der Waals surface area (Å²) in [6, 6.07) is 13.8. The Hall–Kier alpha value is -2.34. The van der Waals surface area contributed by atoms with E-state index in [1.54, 1.807) is 37.1 Å². The van der Waals surface area contributed by atoms with Crippen molar-refractivity contribution >= 4 is 15.7 Å². The van der Waals surface area contributed by atoms with E-state index >= 15 is 0 Å². The second-order valence-corrected chi connectivity index (χ2v) is 7.81. The van der Waals surface area contributed by atoms with Crippen molar-refractivity contribution in [1.29, 1.82) is 0 Å². The molecule has 0 aliphatic rings. The third kappa shape index (κ3) is 4.39. The highest BCUT2D eigenvalue weighted by Gasteiger charge is 2.23. The number of hydrogen-bond acceptors (Lipinski definition) is 4. The Kier molecular flexibility index (Phi) is 6.20. The summed E-state index contributed by atoms with van der Waals surface area (Å²) in [6.45, 7) is 4.33. The van der Waals surface area contributed by atoms with Gasteiger partial charge < -0.3 is 9.64 Å². The molecule has 5 nitrogen and oxygen atoms in total. The smallest absolute Gasteiger partial charge is 0.255 e. The summed E-state index contributed by atoms with van der Waals surface area (Å²) in [7, 11) is -1.86. The summed E-state index contributed by atoms with van der Waals surface area (Å²) >= 11 is 0. The first kappa shape index (κ1) is 19.0. The summed E-state index contributed by atoms with van der Waals surface area (Å²) in [6.07, 6.45) is 0. The summed E-state index contributed by atoms with van der Waals surface area (Å²) in [5.41, 5.74) is 1.17. The monoisotopic (exact) mass is 361 g/mol. The van der Waals surface area contributed by atoms with Gasteiger partial charge in [0.25, 0.3) is 5.91 Å². The third-order valence-corrected chi connectivity index (χ3v) is 5.82. The van der Waals surface area contributed by atoms with Crippen molar-refractivity contribution in [2.75, 3.05) is 19.4 Å². The molecule has 0 unspecified atom stereocenters. The molecule has 0 radical (unpaired) electrons. The number of carbonyl (C=O) groups is 1. The number of amides is 1. The minimum Gasteiger partial charge on any atom is -0.497 e. The van der Waals surface area contributed by atoms with Crippen molar-refractivity contribution in [3.8, 4) is 5.75 Å². The number of hydrogen-bond donors (Lipinski definition) is 0. The summed E-state index contributed by atoms with van der Waals surface area (Å²) in [5.74, 6) is 0.422. The fourth-order valence-electron chi connectivity index (χ4n) is 2.52. The Labute approximate surface area is 149 Å². The molecule has 6 heteroatoms. The van der Waals surface area contributed by atoms with Gasteiger partial charge in [0.2, 0.25) is 0 Å². The Balaban J connectivity index is 2.31. The van der Waals surface area contributed by atoms with Crippen molar-refractivity contribution in [2.45, 2.75) is 25.3 Å². The van der Waals surface area contributed by atoms with Crippen molar-refractivity contribution in [3.63, 3.8) is 0 Å². The third-order valence-electron chi connectivity index (χ3n) is 4.03. The summed E-state index contributed by atoms with van der Waals surface area (Å²) in [4.78, 5) is 14.6. The molecule has 0 spiro atoms. The average Bonchev–Trinajstić information content (AvgIpc) is 2.66. The average molecular weight is 361 g/mol. The van der Waals surface area contributed by atoms with Gasteiger partial charge in [-0.1, -0.05) is 31.2 Å². The van der Waals surface area contributed by atoms with Crippen LogP contribution >= 0.6 is 0 Å². The van der Waals surface area contributed by atoms with Crippen LogP contribution in [-0.2, 0) is 16.4 Å². The van der Waals surface area contributed by atoms with Crippen LogP contribution in [0.25, 0.3) is 0 Å². The Morgan fingerprint density at radius 2 is 1.68 bits per heavy atom. The lowest BCUT2D eigenvalue weighted by atomic mass is 10.1. The highest BCUT2D eigenvalue weighted by Crippen LogP contribution is 2.20. The fraction of sp³-hybridized carbons (Fsp3) is 0.316. The maximum absolute atomic E-state index is 12.9. The van der Waals surface area contributed by atoms with Gasteiger partial charge in [-0.05, 0) is 36.8 Å². The predicted molar refractivity (Wildman–Crippen MR) is 97.6 cm³/mol. The Morgan fingerprint density at radius 3 is 2.24 bits per heavy atom. The lowest BCUT2D eigenvalue weighted by Crippen LogP contribution is -2.31. The number of sulfone groups is 1. The number of carbonyl (C=O) groups excluding carboxylic acids is 1. The zero-order chi connectivity index (χ0) is 18.4. The molecule has 134 valence electrons. The van der Waals surface area contributed by atoms with E-state index in [4.69, 9.17) is 4.74 Å². The first-order valence-electron chi connectivity index (χ1n) is 8.17. The van der Waals surface area contributed by atoms with E-state index in [2.05, 4.69) is 0 Å². The van der Waals surface area contributed by atoms with Crippen molar-refractivity contribution in [2.24, 2.45) is 0 Å². The van der Waals surface area contributed by atoms with Crippen molar-refractivity contribution in [1.82, 2.24) is 4.90 Å². The quantitative estimate of drug-likeness (QED) is 0.760. The van der Waals surface area contributed by atoms with Crippen LogP contribution in [0.3, 0.4) is 0 Å². The van der Waals surface area contributed by atoms with Crippen LogP contribution in [-0.4, -0.2) is 38.6 Å². The van der Waals surface area contributed by atoms with Gasteiger partial charge in [-0.25, -0.2) is 8.42 Å². The second-order valence-electron chi connectivity index (χ2n) is 5.57. The van der Waals surface area contributed by atoms with E-state index in [-0.39, 0.29) is 22.1 Å². The molecule has 1 amide bonds. The van der Waals surface area contributed by atoms with Crippen LogP contribution in [0.2, 0.25) is 0 Å². The number of nitrogens with zero attached hydrogens (tertiary/aromatic N) is 1. The molecular formula is C19H23NO4S. The molecule has 2 aromatic carbocycles. The zero-order valence-corrected chi connectivity index (χ0v) is 15.5. The SMILES string of the molecule is CCN(Cc1ccc(OC)cc1)C(=O)c1ccccc1S(=O)(=O)CC. The predicted octanol–water partition coefficient (Wildman–Crippen LogP) is 3.15. The van der Waals surface area contributed by atoms with E-state index in [0.717, 1.165) is 11.3 Å². The molecule has 2 aromatic rings. The van der Waals surface area contributed by atoms with Gasteiger partial charge in [-0.2, -0.15) is 0 Å². The van der Waals surface area contributed by atoms with Gasteiger partial charge in [0.15, 0.2) is 9.84 Å². The van der Waals surface area contributed by atoms with Gasteiger partial charge >= 0.3 is 0 Å². The van der Waals surface area contributed by atoms with Gasteiger partial charge in [-0.15, -0.1) is 0 Å². The molecule has 0 bridgehead atoms. The molecule has 0 fully saturated rings. The molecule has 0 heterocycles. The van der Waals surface area contributed by atoms with Crippen LogP contribution in [0.5, 0.6) is 5.75 Å². The maximum Gasteiger partial charge on any atom is 0.255 e. The molecular weight excluding hydrogens is 338 g/mol. The van der Waals surface area contributed by atoms with Crippen molar-refractivity contribution in [3.05, 3.63) is 59.7 Å². The van der Waals surface area contributed by atoms with Gasteiger partial charge in [0.1, 0.15) is 5.75 Å².